The highest BCUT2D eigenvalue weighted by Crippen LogP contribution is 2.23. The number of nitrogens with two attached hydrogens (primary N) is 1. The number of carbonyl (C=O) groups excluding carboxylic acids is 1. The molecule has 1 aromatic carbocycles. The Hall–Kier alpha value is -1.61. The molecule has 0 aliphatic heterocycles. The fourth-order valence-corrected chi connectivity index (χ4v) is 1.59. The van der Waals surface area contributed by atoms with E-state index in [0.29, 0.717) is 12.8 Å². The van der Waals surface area contributed by atoms with Crippen LogP contribution in [0.5, 0.6) is 0 Å². The Balaban J connectivity index is 2.70. The largest absolute Gasteiger partial charge is 0.462 e. The van der Waals surface area contributed by atoms with Gasteiger partial charge in [0.2, 0.25) is 0 Å². The minimum Gasteiger partial charge on any atom is -0.462 e. The zero-order valence-corrected chi connectivity index (χ0v) is 10.5. The van der Waals surface area contributed by atoms with Gasteiger partial charge in [-0.05, 0) is 34.5 Å². The predicted molar refractivity (Wildman–Crippen MR) is 63.6 cm³/mol. The van der Waals surface area contributed by atoms with Gasteiger partial charge in [0, 0.05) is 10.9 Å². The zero-order chi connectivity index (χ0) is 12.8. The minimum absolute atomic E-state index is 0.114. The fraction of sp³-hybridized carbons (Fsp3) is 0.273. The lowest BCUT2D eigenvalue weighted by atomic mass is 10.2. The van der Waals surface area contributed by atoms with Gasteiger partial charge in [-0.25, -0.2) is 9.18 Å². The third-order valence-corrected chi connectivity index (χ3v) is 2.63. The van der Waals surface area contributed by atoms with Crippen LogP contribution >= 0.6 is 15.9 Å². The number of hydrogen-bond donors (Lipinski definition) is 1. The van der Waals surface area contributed by atoms with Crippen LogP contribution in [0.4, 0.5) is 10.1 Å². The van der Waals surface area contributed by atoms with Gasteiger partial charge in [0.05, 0.1) is 23.9 Å². The van der Waals surface area contributed by atoms with Crippen molar-refractivity contribution in [1.29, 1.82) is 5.26 Å². The van der Waals surface area contributed by atoms with Crippen molar-refractivity contribution >= 4 is 27.6 Å². The van der Waals surface area contributed by atoms with Crippen LogP contribution in [0.2, 0.25) is 0 Å². The normalized spacial score (nSPS) is 9.71. The molecule has 0 aliphatic rings. The van der Waals surface area contributed by atoms with E-state index in [-0.39, 0.29) is 22.3 Å². The number of nitrogens with zero attached hydrogens (tertiary/aromatic N) is 1. The summed E-state index contributed by atoms with van der Waals surface area (Å²) in [6.07, 6.45) is 0.788. The zero-order valence-electron chi connectivity index (χ0n) is 8.87. The molecule has 2 N–H and O–H groups in total. The Bertz CT molecular complexity index is 471. The molecule has 4 nitrogen and oxygen atoms in total. The highest BCUT2D eigenvalue weighted by Gasteiger charge is 2.14. The maximum Gasteiger partial charge on any atom is 0.339 e. The standard InChI is InChI=1S/C11H10BrFN2O2/c12-8-6-9(13)10(15)5-7(8)11(16)17-4-2-1-3-14/h5-6H,1-2,4,15H2. The van der Waals surface area contributed by atoms with Gasteiger partial charge in [-0.1, -0.05) is 0 Å². The molecule has 0 fully saturated rings. The predicted octanol–water partition coefficient (Wildman–Crippen LogP) is 2.63. The number of nitriles is 1. The third-order valence-electron chi connectivity index (χ3n) is 1.97. The Morgan fingerprint density at radius 1 is 1.59 bits per heavy atom. The summed E-state index contributed by atoms with van der Waals surface area (Å²) in [4.78, 5) is 11.6. The SMILES string of the molecule is N#CCCCOC(=O)c1cc(N)c(F)cc1Br. The van der Waals surface area contributed by atoms with E-state index in [1.165, 1.54) is 6.07 Å². The van der Waals surface area contributed by atoms with Crippen molar-refractivity contribution in [2.45, 2.75) is 12.8 Å². The maximum absolute atomic E-state index is 13.0. The summed E-state index contributed by atoms with van der Waals surface area (Å²) in [5, 5.41) is 8.30. The summed E-state index contributed by atoms with van der Waals surface area (Å²) in [5.41, 5.74) is 5.41. The van der Waals surface area contributed by atoms with Gasteiger partial charge in [-0.2, -0.15) is 5.26 Å². The van der Waals surface area contributed by atoms with Crippen molar-refractivity contribution in [3.63, 3.8) is 0 Å². The molecule has 0 amide bonds. The Morgan fingerprint density at radius 2 is 2.29 bits per heavy atom. The highest BCUT2D eigenvalue weighted by atomic mass is 79.9. The van der Waals surface area contributed by atoms with E-state index in [1.54, 1.807) is 0 Å². The molecule has 6 heteroatoms. The molecule has 0 atom stereocenters. The molecule has 0 aliphatic carbocycles. The van der Waals surface area contributed by atoms with Crippen molar-refractivity contribution in [3.05, 3.63) is 28.0 Å². The van der Waals surface area contributed by atoms with Crippen molar-refractivity contribution in [3.8, 4) is 6.07 Å². The quantitative estimate of drug-likeness (QED) is 0.527. The van der Waals surface area contributed by atoms with Gasteiger partial charge in [0.25, 0.3) is 0 Å². The van der Waals surface area contributed by atoms with Crippen LogP contribution < -0.4 is 5.73 Å². The summed E-state index contributed by atoms with van der Waals surface area (Å²) in [6, 6.07) is 4.27. The topological polar surface area (TPSA) is 76.1 Å². The van der Waals surface area contributed by atoms with Crippen LogP contribution in [0.1, 0.15) is 23.2 Å². The lowest BCUT2D eigenvalue weighted by Crippen LogP contribution is -2.08. The van der Waals surface area contributed by atoms with Gasteiger partial charge in [-0.3, -0.25) is 0 Å². The molecular weight excluding hydrogens is 291 g/mol. The molecule has 1 rings (SSSR count). The van der Waals surface area contributed by atoms with Crippen LogP contribution in [-0.2, 0) is 4.74 Å². The number of carbonyl (C=O) groups is 1. The second-order valence-electron chi connectivity index (χ2n) is 3.25. The van der Waals surface area contributed by atoms with Crippen LogP contribution in [0.15, 0.2) is 16.6 Å². The summed E-state index contributed by atoms with van der Waals surface area (Å²) in [6.45, 7) is 0.149. The number of ether oxygens (including phenoxy) is 1. The van der Waals surface area contributed by atoms with Crippen molar-refractivity contribution in [2.75, 3.05) is 12.3 Å². The van der Waals surface area contributed by atoms with E-state index in [0.717, 1.165) is 6.07 Å². The van der Waals surface area contributed by atoms with Crippen LogP contribution in [-0.4, -0.2) is 12.6 Å². The molecule has 0 saturated heterocycles. The fourth-order valence-electron chi connectivity index (χ4n) is 1.12. The first kappa shape index (κ1) is 13.5. The number of halogens is 2. The Morgan fingerprint density at radius 3 is 2.94 bits per heavy atom. The van der Waals surface area contributed by atoms with Gasteiger partial charge in [-0.15, -0.1) is 0 Å². The second kappa shape index (κ2) is 6.21. The van der Waals surface area contributed by atoms with Crippen LogP contribution in [0.3, 0.4) is 0 Å². The summed E-state index contributed by atoms with van der Waals surface area (Å²) < 4.78 is 18.2. The number of anilines is 1. The number of benzene rings is 1. The first-order valence-corrected chi connectivity index (χ1v) is 5.64. The molecule has 0 saturated carbocycles. The number of hydrogen-bond acceptors (Lipinski definition) is 4. The third kappa shape index (κ3) is 3.71. The molecule has 0 unspecified atom stereocenters. The van der Waals surface area contributed by atoms with Gasteiger partial charge >= 0.3 is 5.97 Å². The molecule has 17 heavy (non-hydrogen) atoms. The highest BCUT2D eigenvalue weighted by molar-refractivity contribution is 9.10. The number of unbranched alkanes of at least 4 members (excludes halogenated alkanes) is 1. The summed E-state index contributed by atoms with van der Waals surface area (Å²) in [5.74, 6) is -1.19. The summed E-state index contributed by atoms with van der Waals surface area (Å²) >= 11 is 3.06. The van der Waals surface area contributed by atoms with Crippen molar-refractivity contribution in [1.82, 2.24) is 0 Å². The molecule has 0 radical (unpaired) electrons. The van der Waals surface area contributed by atoms with E-state index in [4.69, 9.17) is 15.7 Å². The molecule has 0 heterocycles. The number of rotatable bonds is 4. The Labute approximate surface area is 106 Å². The first-order valence-electron chi connectivity index (χ1n) is 4.85. The molecular formula is C11H10BrFN2O2. The average Bonchev–Trinajstić information content (AvgIpc) is 2.29. The molecule has 0 aromatic heterocycles. The van der Waals surface area contributed by atoms with E-state index in [9.17, 15) is 9.18 Å². The van der Waals surface area contributed by atoms with Gasteiger partial charge in [0.1, 0.15) is 5.82 Å². The van der Waals surface area contributed by atoms with Gasteiger partial charge in [0.15, 0.2) is 0 Å². The van der Waals surface area contributed by atoms with Crippen molar-refractivity contribution < 1.29 is 13.9 Å². The molecule has 90 valence electrons. The number of nitrogen functional groups attached to an aromatic ring is 1. The lowest BCUT2D eigenvalue weighted by Gasteiger charge is -2.07. The van der Waals surface area contributed by atoms with E-state index >= 15 is 0 Å². The Kier molecular flexibility index (Phi) is 4.91. The molecule has 0 bridgehead atoms. The van der Waals surface area contributed by atoms with E-state index in [1.807, 2.05) is 6.07 Å². The van der Waals surface area contributed by atoms with Gasteiger partial charge < -0.3 is 10.5 Å². The lowest BCUT2D eigenvalue weighted by molar-refractivity contribution is 0.0500. The molecule has 1 aromatic rings. The first-order chi connectivity index (χ1) is 8.06. The van der Waals surface area contributed by atoms with Crippen LogP contribution in [0, 0.1) is 17.1 Å². The monoisotopic (exact) mass is 300 g/mol. The second-order valence-corrected chi connectivity index (χ2v) is 4.11. The van der Waals surface area contributed by atoms with Crippen molar-refractivity contribution in [2.24, 2.45) is 0 Å². The number of esters is 1. The van der Waals surface area contributed by atoms with Crippen LogP contribution in [0.25, 0.3) is 0 Å². The average molecular weight is 301 g/mol. The smallest absolute Gasteiger partial charge is 0.339 e. The van der Waals surface area contributed by atoms with E-state index in [2.05, 4.69) is 15.9 Å². The maximum atomic E-state index is 13.0. The molecule has 0 spiro atoms. The minimum atomic E-state index is -0.599. The summed E-state index contributed by atoms with van der Waals surface area (Å²) in [7, 11) is 0. The van der Waals surface area contributed by atoms with E-state index < -0.39 is 11.8 Å².